The first-order chi connectivity index (χ1) is 8.19. The molecule has 0 aromatic carbocycles. The van der Waals surface area contributed by atoms with Crippen molar-refractivity contribution < 1.29 is 0 Å². The maximum Gasteiger partial charge on any atom is 0.277 e. The Morgan fingerprint density at radius 2 is 2.41 bits per heavy atom. The van der Waals surface area contributed by atoms with Gasteiger partial charge in [0.05, 0.1) is 6.33 Å². The first kappa shape index (κ1) is 12.3. The van der Waals surface area contributed by atoms with Gasteiger partial charge in [-0.05, 0) is 32.4 Å². The van der Waals surface area contributed by atoms with Crippen LogP contribution in [0.2, 0.25) is 0 Å². The molecule has 2 heterocycles. The molecule has 94 valence electrons. The highest BCUT2D eigenvalue weighted by Gasteiger charge is 2.17. The van der Waals surface area contributed by atoms with Crippen molar-refractivity contribution in [1.82, 2.24) is 14.5 Å². The van der Waals surface area contributed by atoms with E-state index in [9.17, 15) is 4.79 Å². The summed E-state index contributed by atoms with van der Waals surface area (Å²) >= 11 is 0. The largest absolute Gasteiger partial charge is 0.338 e. The lowest BCUT2D eigenvalue weighted by Crippen LogP contribution is -2.34. The van der Waals surface area contributed by atoms with Crippen LogP contribution in [-0.4, -0.2) is 34.6 Å². The Balaban J connectivity index is 2.05. The van der Waals surface area contributed by atoms with Crippen LogP contribution in [0, 0.1) is 5.92 Å². The number of hydrogen-bond donors (Lipinski definition) is 1. The number of likely N-dealkylation sites (tertiary alicyclic amines) is 1. The van der Waals surface area contributed by atoms with E-state index in [0.717, 1.165) is 13.1 Å². The lowest BCUT2D eigenvalue weighted by atomic mass is 9.98. The Bertz CT molecular complexity index is 429. The molecule has 0 bridgehead atoms. The van der Waals surface area contributed by atoms with E-state index in [1.54, 1.807) is 6.33 Å². The summed E-state index contributed by atoms with van der Waals surface area (Å²) in [6.45, 7) is 3.49. The van der Waals surface area contributed by atoms with Crippen molar-refractivity contribution in [3.8, 4) is 0 Å². The molecule has 1 aliphatic heterocycles. The summed E-state index contributed by atoms with van der Waals surface area (Å²) in [7, 11) is 2.15. The number of hydrogen-bond acceptors (Lipinski definition) is 4. The average Bonchev–Trinajstić information content (AvgIpc) is 2.32. The number of rotatable bonds is 3. The summed E-state index contributed by atoms with van der Waals surface area (Å²) in [5.74, 6) is 0.642. The normalized spacial score (nSPS) is 21.6. The van der Waals surface area contributed by atoms with Crippen LogP contribution in [0.4, 0.5) is 0 Å². The third kappa shape index (κ3) is 3.14. The van der Waals surface area contributed by atoms with Crippen molar-refractivity contribution in [3.63, 3.8) is 0 Å². The molecule has 1 aliphatic rings. The molecule has 0 aliphatic carbocycles. The van der Waals surface area contributed by atoms with Gasteiger partial charge in [-0.1, -0.05) is 0 Å². The molecule has 0 radical (unpaired) electrons. The average molecular weight is 236 g/mol. The summed E-state index contributed by atoms with van der Waals surface area (Å²) in [5, 5.41) is 0. The summed E-state index contributed by atoms with van der Waals surface area (Å²) in [6, 6.07) is 0. The van der Waals surface area contributed by atoms with Crippen LogP contribution in [0.3, 0.4) is 0 Å². The van der Waals surface area contributed by atoms with E-state index in [1.165, 1.54) is 19.4 Å². The molecule has 0 spiro atoms. The van der Waals surface area contributed by atoms with Gasteiger partial charge in [-0.3, -0.25) is 4.79 Å². The molecule has 2 N–H and O–H groups in total. The Kier molecular flexibility index (Phi) is 3.91. The summed E-state index contributed by atoms with van der Waals surface area (Å²) in [6.07, 6.45) is 5.95. The van der Waals surface area contributed by atoms with E-state index in [2.05, 4.69) is 16.9 Å². The van der Waals surface area contributed by atoms with Crippen molar-refractivity contribution in [3.05, 3.63) is 28.4 Å². The first-order valence-electron chi connectivity index (χ1n) is 6.12. The van der Waals surface area contributed by atoms with E-state index in [1.807, 2.05) is 10.8 Å². The molecular formula is C12H20N4O. The van der Waals surface area contributed by atoms with E-state index in [0.29, 0.717) is 11.5 Å². The molecule has 5 nitrogen and oxygen atoms in total. The van der Waals surface area contributed by atoms with Crippen LogP contribution < -0.4 is 11.3 Å². The van der Waals surface area contributed by atoms with Gasteiger partial charge in [-0.25, -0.2) is 0 Å². The minimum Gasteiger partial charge on any atom is -0.338 e. The standard InChI is InChI=1S/C12H20N4O/c1-15-4-2-3-10(6-15)7-16-8-11(5-13)12(17)14-9-16/h8-10H,2-7,13H2,1H3. The molecule has 1 aromatic heterocycles. The molecule has 1 aromatic rings. The van der Waals surface area contributed by atoms with E-state index >= 15 is 0 Å². The van der Waals surface area contributed by atoms with Crippen molar-refractivity contribution >= 4 is 0 Å². The maximum atomic E-state index is 11.3. The minimum atomic E-state index is -0.204. The van der Waals surface area contributed by atoms with Crippen LogP contribution in [0.15, 0.2) is 17.3 Å². The van der Waals surface area contributed by atoms with Crippen molar-refractivity contribution in [2.24, 2.45) is 11.7 Å². The van der Waals surface area contributed by atoms with Crippen LogP contribution in [0.5, 0.6) is 0 Å². The highest BCUT2D eigenvalue weighted by molar-refractivity contribution is 5.03. The third-order valence-corrected chi connectivity index (χ3v) is 3.33. The zero-order valence-electron chi connectivity index (χ0n) is 10.3. The molecule has 17 heavy (non-hydrogen) atoms. The van der Waals surface area contributed by atoms with Crippen LogP contribution in [-0.2, 0) is 13.1 Å². The van der Waals surface area contributed by atoms with Gasteiger partial charge in [0, 0.05) is 31.4 Å². The Hall–Kier alpha value is -1.20. The lowest BCUT2D eigenvalue weighted by Gasteiger charge is -2.30. The lowest BCUT2D eigenvalue weighted by molar-refractivity contribution is 0.194. The Morgan fingerprint density at radius 1 is 1.59 bits per heavy atom. The Morgan fingerprint density at radius 3 is 3.12 bits per heavy atom. The van der Waals surface area contributed by atoms with Crippen molar-refractivity contribution in [2.45, 2.75) is 25.9 Å². The molecule has 0 amide bonds. The topological polar surface area (TPSA) is 64.2 Å². The predicted molar refractivity (Wildman–Crippen MR) is 66.6 cm³/mol. The fraction of sp³-hybridized carbons (Fsp3) is 0.667. The molecule has 1 atom stereocenters. The zero-order chi connectivity index (χ0) is 12.3. The molecule has 1 fully saturated rings. The highest BCUT2D eigenvalue weighted by atomic mass is 16.1. The number of piperidine rings is 1. The molecule has 1 saturated heterocycles. The van der Waals surface area contributed by atoms with Crippen LogP contribution in [0.1, 0.15) is 18.4 Å². The Labute approximate surface area is 101 Å². The quantitative estimate of drug-likeness (QED) is 0.805. The SMILES string of the molecule is CN1CCCC(Cn2cnc(=O)c(CN)c2)C1. The van der Waals surface area contributed by atoms with Crippen LogP contribution in [0.25, 0.3) is 0 Å². The molecule has 2 rings (SSSR count). The van der Waals surface area contributed by atoms with Gasteiger partial charge < -0.3 is 15.2 Å². The number of aromatic nitrogens is 2. The first-order valence-corrected chi connectivity index (χ1v) is 6.12. The second-order valence-electron chi connectivity index (χ2n) is 4.88. The number of nitrogens with two attached hydrogens (primary N) is 1. The summed E-state index contributed by atoms with van der Waals surface area (Å²) in [4.78, 5) is 17.5. The second-order valence-corrected chi connectivity index (χ2v) is 4.88. The molecule has 5 heteroatoms. The smallest absolute Gasteiger partial charge is 0.277 e. The summed E-state index contributed by atoms with van der Waals surface area (Å²) in [5.41, 5.74) is 5.90. The predicted octanol–water partition coefficient (Wildman–Crippen LogP) is 0.0438. The maximum absolute atomic E-state index is 11.3. The van der Waals surface area contributed by atoms with E-state index in [4.69, 9.17) is 5.73 Å². The van der Waals surface area contributed by atoms with Crippen molar-refractivity contribution in [2.75, 3.05) is 20.1 Å². The van der Waals surface area contributed by atoms with Gasteiger partial charge in [-0.2, -0.15) is 4.98 Å². The van der Waals surface area contributed by atoms with Gasteiger partial charge >= 0.3 is 0 Å². The van der Waals surface area contributed by atoms with Crippen LogP contribution >= 0.6 is 0 Å². The van der Waals surface area contributed by atoms with Gasteiger partial charge in [0.25, 0.3) is 5.56 Å². The monoisotopic (exact) mass is 236 g/mol. The minimum absolute atomic E-state index is 0.204. The zero-order valence-corrected chi connectivity index (χ0v) is 10.3. The third-order valence-electron chi connectivity index (χ3n) is 3.33. The van der Waals surface area contributed by atoms with E-state index in [-0.39, 0.29) is 12.1 Å². The van der Waals surface area contributed by atoms with Gasteiger partial charge in [-0.15, -0.1) is 0 Å². The molecule has 0 saturated carbocycles. The van der Waals surface area contributed by atoms with Gasteiger partial charge in [0.2, 0.25) is 0 Å². The molecular weight excluding hydrogens is 216 g/mol. The van der Waals surface area contributed by atoms with Gasteiger partial charge in [0.15, 0.2) is 0 Å². The fourth-order valence-corrected chi connectivity index (χ4v) is 2.46. The van der Waals surface area contributed by atoms with Gasteiger partial charge in [0.1, 0.15) is 0 Å². The molecule has 1 unspecified atom stereocenters. The number of nitrogens with zero attached hydrogens (tertiary/aromatic N) is 3. The second kappa shape index (κ2) is 5.42. The van der Waals surface area contributed by atoms with Crippen molar-refractivity contribution in [1.29, 1.82) is 0 Å². The fourth-order valence-electron chi connectivity index (χ4n) is 2.46. The van der Waals surface area contributed by atoms with E-state index < -0.39 is 0 Å². The summed E-state index contributed by atoms with van der Waals surface area (Å²) < 4.78 is 1.99. The highest BCUT2D eigenvalue weighted by Crippen LogP contribution is 2.16.